The zero-order valence-corrected chi connectivity index (χ0v) is 15.3. The highest BCUT2D eigenvalue weighted by atomic mass is 35.5. The van der Waals surface area contributed by atoms with Gasteiger partial charge in [0.05, 0.1) is 9.72 Å². The van der Waals surface area contributed by atoms with Gasteiger partial charge in [-0.3, -0.25) is 10.2 Å². The van der Waals surface area contributed by atoms with Crippen molar-refractivity contribution < 1.29 is 9.53 Å². The van der Waals surface area contributed by atoms with Crippen LogP contribution in [-0.2, 0) is 4.79 Å². The fraction of sp³-hybridized carbons (Fsp3) is 0.176. The number of halogens is 1. The van der Waals surface area contributed by atoms with Crippen LogP contribution in [0.5, 0.6) is 5.75 Å². The summed E-state index contributed by atoms with van der Waals surface area (Å²) in [6.45, 7) is 3.83. The predicted octanol–water partition coefficient (Wildman–Crippen LogP) is 3.87. The van der Waals surface area contributed by atoms with Gasteiger partial charge < -0.3 is 10.1 Å². The second-order valence-corrected chi connectivity index (χ2v) is 7.01. The van der Waals surface area contributed by atoms with Gasteiger partial charge in [0.1, 0.15) is 11.3 Å². The van der Waals surface area contributed by atoms with Crippen LogP contribution in [0.3, 0.4) is 0 Å². The van der Waals surface area contributed by atoms with Crippen molar-refractivity contribution in [1.29, 1.82) is 0 Å². The number of hydrogen-bond acceptors (Lipinski definition) is 6. The lowest BCUT2D eigenvalue weighted by Crippen LogP contribution is -2.20. The van der Waals surface area contributed by atoms with Gasteiger partial charge in [-0.25, -0.2) is 10.8 Å². The quantitative estimate of drug-likeness (QED) is 0.464. The molecule has 1 heterocycles. The molecule has 3 aromatic rings. The van der Waals surface area contributed by atoms with E-state index in [-0.39, 0.29) is 12.5 Å². The summed E-state index contributed by atoms with van der Waals surface area (Å²) in [4.78, 5) is 16.4. The van der Waals surface area contributed by atoms with E-state index in [2.05, 4.69) is 15.7 Å². The van der Waals surface area contributed by atoms with Crippen molar-refractivity contribution in [3.8, 4) is 5.75 Å². The van der Waals surface area contributed by atoms with Crippen molar-refractivity contribution in [1.82, 2.24) is 4.98 Å². The van der Waals surface area contributed by atoms with Crippen LogP contribution in [-0.4, -0.2) is 17.5 Å². The van der Waals surface area contributed by atoms with Gasteiger partial charge in [-0.05, 0) is 43.2 Å². The third kappa shape index (κ3) is 4.01. The Bertz CT molecular complexity index is 942. The Labute approximate surface area is 153 Å². The fourth-order valence-corrected chi connectivity index (χ4v) is 3.49. The molecule has 0 spiro atoms. The van der Waals surface area contributed by atoms with Gasteiger partial charge in [0.15, 0.2) is 11.7 Å². The number of fused-ring (bicyclic) bond motifs is 1. The Morgan fingerprint density at radius 1 is 1.32 bits per heavy atom. The molecule has 25 heavy (non-hydrogen) atoms. The highest BCUT2D eigenvalue weighted by Gasteiger charge is 2.11. The standard InChI is InChI=1S/C17H17ClN4O2S/c1-9-3-4-10(2)13(5-9)24-8-15(23)20-11-6-12(18)16-14(7-11)25-17(21-16)22-19/h3-7H,8,19H2,1-2H3,(H,20,23)(H,21,22). The molecule has 0 radical (unpaired) electrons. The number of aryl methyl sites for hydroxylation is 2. The first-order chi connectivity index (χ1) is 12.0. The Kier molecular flexibility index (Phi) is 5.08. The van der Waals surface area contributed by atoms with Crippen molar-refractivity contribution in [2.75, 3.05) is 17.3 Å². The van der Waals surface area contributed by atoms with Crippen LogP contribution >= 0.6 is 22.9 Å². The number of amides is 1. The van der Waals surface area contributed by atoms with Crippen molar-refractivity contribution >= 4 is 49.9 Å². The van der Waals surface area contributed by atoms with E-state index in [1.165, 1.54) is 11.3 Å². The summed E-state index contributed by atoms with van der Waals surface area (Å²) < 4.78 is 6.43. The number of ether oxygens (including phenoxy) is 1. The molecular weight excluding hydrogens is 360 g/mol. The minimum Gasteiger partial charge on any atom is -0.483 e. The summed E-state index contributed by atoms with van der Waals surface area (Å²) in [5.74, 6) is 5.80. The minimum atomic E-state index is -0.266. The molecule has 2 aromatic carbocycles. The van der Waals surface area contributed by atoms with Crippen molar-refractivity contribution in [3.63, 3.8) is 0 Å². The highest BCUT2D eigenvalue weighted by Crippen LogP contribution is 2.33. The molecule has 0 fully saturated rings. The molecule has 0 atom stereocenters. The van der Waals surface area contributed by atoms with Crippen LogP contribution in [0.15, 0.2) is 30.3 Å². The lowest BCUT2D eigenvalue weighted by molar-refractivity contribution is -0.118. The molecule has 0 bridgehead atoms. The average Bonchev–Trinajstić information content (AvgIpc) is 2.99. The maximum Gasteiger partial charge on any atom is 0.262 e. The number of thiazole rings is 1. The van der Waals surface area contributed by atoms with E-state index in [1.807, 2.05) is 32.0 Å². The van der Waals surface area contributed by atoms with Gasteiger partial charge in [-0.2, -0.15) is 0 Å². The van der Waals surface area contributed by atoms with Crippen LogP contribution in [0.1, 0.15) is 11.1 Å². The lowest BCUT2D eigenvalue weighted by Gasteiger charge is -2.10. The Morgan fingerprint density at radius 2 is 2.12 bits per heavy atom. The van der Waals surface area contributed by atoms with Crippen LogP contribution in [0.4, 0.5) is 10.8 Å². The third-order valence-corrected chi connectivity index (χ3v) is 4.78. The first-order valence-electron chi connectivity index (χ1n) is 7.53. The number of carbonyl (C=O) groups excluding carboxylic acids is 1. The molecule has 4 N–H and O–H groups in total. The molecule has 3 rings (SSSR count). The summed E-state index contributed by atoms with van der Waals surface area (Å²) in [6, 6.07) is 9.32. The molecular formula is C17H17ClN4O2S. The fourth-order valence-electron chi connectivity index (χ4n) is 2.33. The van der Waals surface area contributed by atoms with Crippen LogP contribution < -0.4 is 21.3 Å². The molecule has 0 saturated heterocycles. The number of anilines is 2. The molecule has 0 saturated carbocycles. The van der Waals surface area contributed by atoms with Gasteiger partial charge in [-0.1, -0.05) is 35.1 Å². The third-order valence-electron chi connectivity index (χ3n) is 3.56. The Morgan fingerprint density at radius 3 is 2.88 bits per heavy atom. The monoisotopic (exact) mass is 376 g/mol. The Hall–Kier alpha value is -2.35. The number of nitrogens with zero attached hydrogens (tertiary/aromatic N) is 1. The van der Waals surface area contributed by atoms with Gasteiger partial charge in [0, 0.05) is 5.69 Å². The molecule has 1 amide bonds. The number of nitrogens with two attached hydrogens (primary N) is 1. The lowest BCUT2D eigenvalue weighted by atomic mass is 10.1. The number of aromatic nitrogens is 1. The van der Waals surface area contributed by atoms with E-state index in [4.69, 9.17) is 22.2 Å². The number of nitrogen functional groups attached to an aromatic ring is 1. The van der Waals surface area contributed by atoms with Crippen molar-refractivity contribution in [2.45, 2.75) is 13.8 Å². The number of hydrazine groups is 1. The van der Waals surface area contributed by atoms with E-state index in [0.717, 1.165) is 15.8 Å². The summed E-state index contributed by atoms with van der Waals surface area (Å²) in [6.07, 6.45) is 0. The summed E-state index contributed by atoms with van der Waals surface area (Å²) >= 11 is 7.57. The summed E-state index contributed by atoms with van der Waals surface area (Å²) in [5.41, 5.74) is 5.78. The van der Waals surface area contributed by atoms with Gasteiger partial charge in [-0.15, -0.1) is 0 Å². The minimum absolute atomic E-state index is 0.0851. The van der Waals surface area contributed by atoms with E-state index in [9.17, 15) is 4.79 Å². The highest BCUT2D eigenvalue weighted by molar-refractivity contribution is 7.22. The zero-order valence-electron chi connectivity index (χ0n) is 13.7. The van der Waals surface area contributed by atoms with E-state index < -0.39 is 0 Å². The second kappa shape index (κ2) is 7.26. The largest absolute Gasteiger partial charge is 0.483 e. The first kappa shape index (κ1) is 17.5. The molecule has 0 aliphatic heterocycles. The van der Waals surface area contributed by atoms with Gasteiger partial charge in [0.2, 0.25) is 0 Å². The number of benzene rings is 2. The summed E-state index contributed by atoms with van der Waals surface area (Å²) in [7, 11) is 0. The Balaban J connectivity index is 1.70. The predicted molar refractivity (Wildman–Crippen MR) is 102 cm³/mol. The normalized spacial score (nSPS) is 10.7. The molecule has 8 heteroatoms. The molecule has 0 unspecified atom stereocenters. The van der Waals surface area contributed by atoms with Crippen LogP contribution in [0, 0.1) is 13.8 Å². The molecule has 0 aliphatic rings. The molecule has 1 aromatic heterocycles. The smallest absolute Gasteiger partial charge is 0.262 e. The van der Waals surface area contributed by atoms with Crippen molar-refractivity contribution in [2.24, 2.45) is 5.84 Å². The number of rotatable bonds is 5. The van der Waals surface area contributed by atoms with E-state index in [0.29, 0.717) is 27.1 Å². The van der Waals surface area contributed by atoms with Crippen molar-refractivity contribution in [3.05, 3.63) is 46.5 Å². The molecule has 0 aliphatic carbocycles. The number of carbonyl (C=O) groups is 1. The maximum absolute atomic E-state index is 12.2. The summed E-state index contributed by atoms with van der Waals surface area (Å²) in [5, 5.41) is 3.79. The van der Waals surface area contributed by atoms with Gasteiger partial charge >= 0.3 is 0 Å². The van der Waals surface area contributed by atoms with E-state index in [1.54, 1.807) is 12.1 Å². The number of hydrogen-bond donors (Lipinski definition) is 3. The van der Waals surface area contributed by atoms with Gasteiger partial charge in [0.25, 0.3) is 5.91 Å². The first-order valence-corrected chi connectivity index (χ1v) is 8.72. The molecule has 6 nitrogen and oxygen atoms in total. The maximum atomic E-state index is 12.2. The van der Waals surface area contributed by atoms with Crippen LogP contribution in [0.25, 0.3) is 10.2 Å². The topological polar surface area (TPSA) is 89.3 Å². The second-order valence-electron chi connectivity index (χ2n) is 5.57. The van der Waals surface area contributed by atoms with Crippen LogP contribution in [0.2, 0.25) is 5.02 Å². The SMILES string of the molecule is Cc1ccc(C)c(OCC(=O)Nc2cc(Cl)c3nc(NN)sc3c2)c1. The average molecular weight is 377 g/mol. The zero-order chi connectivity index (χ0) is 18.0. The van der Waals surface area contributed by atoms with E-state index >= 15 is 0 Å². The molecule has 130 valence electrons. The number of nitrogens with one attached hydrogen (secondary N) is 2.